The Morgan fingerprint density at radius 2 is 2.00 bits per heavy atom. The lowest BCUT2D eigenvalue weighted by atomic mass is 10.2. The Kier molecular flexibility index (Phi) is 6.30. The van der Waals surface area contributed by atoms with Gasteiger partial charge in [0.05, 0.1) is 24.0 Å². The number of anilines is 1. The van der Waals surface area contributed by atoms with Gasteiger partial charge in [-0.05, 0) is 31.5 Å². The van der Waals surface area contributed by atoms with E-state index in [1.807, 2.05) is 6.92 Å². The lowest BCUT2D eigenvalue weighted by molar-refractivity contribution is -0.119. The first-order valence-corrected chi connectivity index (χ1v) is 11.6. The summed E-state index contributed by atoms with van der Waals surface area (Å²) in [7, 11) is -7.73. The van der Waals surface area contributed by atoms with Crippen molar-refractivity contribution >= 4 is 31.6 Å². The normalized spacial score (nSPS) is 19.7. The van der Waals surface area contributed by atoms with Gasteiger partial charge >= 0.3 is 0 Å². The largest absolute Gasteiger partial charge is 0.492 e. The Balaban J connectivity index is 2.51. The number of benzene rings is 1. The number of nitrogens with one attached hydrogen (secondary N) is 1. The van der Waals surface area contributed by atoms with Crippen LogP contribution in [0.5, 0.6) is 5.75 Å². The molecule has 1 aromatic rings. The zero-order valence-corrected chi connectivity index (χ0v) is 16.7. The first kappa shape index (κ1) is 20.7. The summed E-state index contributed by atoms with van der Waals surface area (Å²) >= 11 is 0. The first-order chi connectivity index (χ1) is 12.1. The van der Waals surface area contributed by atoms with Crippen molar-refractivity contribution in [1.29, 1.82) is 0 Å². The Morgan fingerprint density at radius 3 is 2.54 bits per heavy atom. The molecular formula is C16H24N2O6S2. The third-order valence-corrected chi connectivity index (χ3v) is 7.28. The van der Waals surface area contributed by atoms with Crippen LogP contribution in [0.4, 0.5) is 5.69 Å². The SMILES string of the molecule is CCCCNS(=O)(=O)c1cc(N2C(=O)C(C)CS2(=O)=O)ccc1OCC. The van der Waals surface area contributed by atoms with Gasteiger partial charge in [-0.3, -0.25) is 4.79 Å². The molecule has 1 aliphatic heterocycles. The zero-order chi connectivity index (χ0) is 19.5. The van der Waals surface area contributed by atoms with Crippen molar-refractivity contribution in [2.24, 2.45) is 5.92 Å². The smallest absolute Gasteiger partial charge is 0.244 e. The average Bonchev–Trinajstić information content (AvgIpc) is 2.76. The molecule has 0 bridgehead atoms. The van der Waals surface area contributed by atoms with E-state index in [1.165, 1.54) is 25.1 Å². The fourth-order valence-corrected chi connectivity index (χ4v) is 5.70. The highest BCUT2D eigenvalue weighted by molar-refractivity contribution is 7.94. The number of ether oxygens (including phenoxy) is 1. The van der Waals surface area contributed by atoms with Crippen LogP contribution < -0.4 is 13.8 Å². The number of nitrogens with zero attached hydrogens (tertiary/aromatic N) is 1. The Labute approximate surface area is 154 Å². The van der Waals surface area contributed by atoms with Gasteiger partial charge in [-0.25, -0.2) is 25.9 Å². The van der Waals surface area contributed by atoms with E-state index in [0.29, 0.717) is 10.7 Å². The molecule has 1 heterocycles. The van der Waals surface area contributed by atoms with E-state index in [0.717, 1.165) is 6.42 Å². The molecule has 146 valence electrons. The van der Waals surface area contributed by atoms with Crippen LogP contribution in [-0.4, -0.2) is 41.6 Å². The summed E-state index contributed by atoms with van der Waals surface area (Å²) in [5.41, 5.74) is -0.00123. The highest BCUT2D eigenvalue weighted by atomic mass is 32.2. The fourth-order valence-electron chi connectivity index (χ4n) is 2.66. The van der Waals surface area contributed by atoms with Crippen molar-refractivity contribution in [2.75, 3.05) is 23.2 Å². The highest BCUT2D eigenvalue weighted by Gasteiger charge is 2.42. The summed E-state index contributed by atoms with van der Waals surface area (Å²) in [4.78, 5) is 12.1. The van der Waals surface area contributed by atoms with Gasteiger partial charge in [0.2, 0.25) is 26.0 Å². The molecule has 1 fully saturated rings. The molecule has 8 nitrogen and oxygen atoms in total. The first-order valence-electron chi connectivity index (χ1n) is 8.47. The third-order valence-electron chi connectivity index (χ3n) is 3.93. The van der Waals surface area contributed by atoms with Crippen LogP contribution in [-0.2, 0) is 24.8 Å². The quantitative estimate of drug-likeness (QED) is 0.657. The lowest BCUT2D eigenvalue weighted by Gasteiger charge is -2.18. The van der Waals surface area contributed by atoms with E-state index in [9.17, 15) is 21.6 Å². The number of unbranched alkanes of at least 4 members (excludes halogenated alkanes) is 1. The minimum absolute atomic E-state index is 0.00123. The second-order valence-electron chi connectivity index (χ2n) is 6.10. The van der Waals surface area contributed by atoms with Crippen LogP contribution in [0, 0.1) is 5.92 Å². The molecule has 1 atom stereocenters. The maximum Gasteiger partial charge on any atom is 0.244 e. The number of carbonyl (C=O) groups is 1. The predicted molar refractivity (Wildman–Crippen MR) is 98.1 cm³/mol. The minimum atomic E-state index is -3.91. The van der Waals surface area contributed by atoms with Crippen LogP contribution in [0.3, 0.4) is 0 Å². The van der Waals surface area contributed by atoms with Gasteiger partial charge in [0.15, 0.2) is 0 Å². The number of carbonyl (C=O) groups excluding carboxylic acids is 1. The van der Waals surface area contributed by atoms with E-state index < -0.39 is 31.9 Å². The standard InChI is InChI=1S/C16H24N2O6S2/c1-4-6-9-17-26(22,23)15-10-13(7-8-14(15)24-5-2)18-16(19)12(3)11-25(18,20)21/h7-8,10,12,17H,4-6,9,11H2,1-3H3. The summed E-state index contributed by atoms with van der Waals surface area (Å²) in [5, 5.41) is 0. The lowest BCUT2D eigenvalue weighted by Crippen LogP contribution is -2.31. The second-order valence-corrected chi connectivity index (χ2v) is 9.70. The molecule has 0 spiro atoms. The molecule has 2 rings (SSSR count). The molecule has 1 unspecified atom stereocenters. The molecule has 0 aromatic heterocycles. The number of rotatable bonds is 8. The minimum Gasteiger partial charge on any atom is -0.492 e. The second kappa shape index (κ2) is 7.93. The van der Waals surface area contributed by atoms with Crippen molar-refractivity contribution in [3.8, 4) is 5.75 Å². The van der Waals surface area contributed by atoms with Crippen molar-refractivity contribution in [2.45, 2.75) is 38.5 Å². The maximum atomic E-state index is 12.6. The van der Waals surface area contributed by atoms with Crippen LogP contribution in [0.25, 0.3) is 0 Å². The van der Waals surface area contributed by atoms with Gasteiger partial charge in [0.1, 0.15) is 10.6 Å². The summed E-state index contributed by atoms with van der Waals surface area (Å²) in [6.07, 6.45) is 1.48. The van der Waals surface area contributed by atoms with Crippen molar-refractivity contribution in [3.63, 3.8) is 0 Å². The number of hydrogen-bond acceptors (Lipinski definition) is 6. The number of amides is 1. The zero-order valence-electron chi connectivity index (χ0n) is 15.1. The Bertz CT molecular complexity index is 880. The summed E-state index contributed by atoms with van der Waals surface area (Å²) in [5.74, 6) is -1.43. The van der Waals surface area contributed by atoms with E-state index in [1.54, 1.807) is 6.92 Å². The molecule has 1 amide bonds. The van der Waals surface area contributed by atoms with Gasteiger partial charge in [0.25, 0.3) is 0 Å². The van der Waals surface area contributed by atoms with Crippen molar-refractivity contribution in [1.82, 2.24) is 4.72 Å². The Hall–Kier alpha value is -1.65. The molecule has 26 heavy (non-hydrogen) atoms. The molecule has 0 radical (unpaired) electrons. The summed E-state index contributed by atoms with van der Waals surface area (Å²) in [6.45, 7) is 5.68. The van der Waals surface area contributed by atoms with Gasteiger partial charge in [0, 0.05) is 6.54 Å². The molecule has 1 N–H and O–H groups in total. The molecule has 1 aliphatic rings. The van der Waals surface area contributed by atoms with Crippen LogP contribution in [0.15, 0.2) is 23.1 Å². The predicted octanol–water partition coefficient (Wildman–Crippen LogP) is 1.48. The Morgan fingerprint density at radius 1 is 1.31 bits per heavy atom. The molecule has 10 heteroatoms. The average molecular weight is 405 g/mol. The van der Waals surface area contributed by atoms with Gasteiger partial charge in [-0.15, -0.1) is 0 Å². The van der Waals surface area contributed by atoms with Crippen molar-refractivity contribution < 1.29 is 26.4 Å². The topological polar surface area (TPSA) is 110 Å². The number of sulfonamides is 2. The van der Waals surface area contributed by atoms with Gasteiger partial charge in [-0.1, -0.05) is 20.3 Å². The molecule has 0 saturated carbocycles. The highest BCUT2D eigenvalue weighted by Crippen LogP contribution is 2.34. The third kappa shape index (κ3) is 4.18. The van der Waals surface area contributed by atoms with E-state index >= 15 is 0 Å². The molecule has 1 aromatic carbocycles. The summed E-state index contributed by atoms with van der Waals surface area (Å²) < 4.78 is 58.3. The van der Waals surface area contributed by atoms with Crippen LogP contribution >= 0.6 is 0 Å². The molecule has 0 aliphatic carbocycles. The van der Waals surface area contributed by atoms with Gasteiger partial charge < -0.3 is 4.74 Å². The molecule has 1 saturated heterocycles. The van der Waals surface area contributed by atoms with Crippen LogP contribution in [0.1, 0.15) is 33.6 Å². The fraction of sp³-hybridized carbons (Fsp3) is 0.562. The van der Waals surface area contributed by atoms with E-state index in [2.05, 4.69) is 4.72 Å². The van der Waals surface area contributed by atoms with Crippen LogP contribution in [0.2, 0.25) is 0 Å². The van der Waals surface area contributed by atoms with Gasteiger partial charge in [-0.2, -0.15) is 0 Å². The van der Waals surface area contributed by atoms with Crippen molar-refractivity contribution in [3.05, 3.63) is 18.2 Å². The van der Waals surface area contributed by atoms with E-state index in [-0.39, 0.29) is 35.2 Å². The summed E-state index contributed by atoms with van der Waals surface area (Å²) in [6, 6.07) is 3.93. The molecular weight excluding hydrogens is 380 g/mol. The number of hydrogen-bond donors (Lipinski definition) is 1. The maximum absolute atomic E-state index is 12.6. The monoisotopic (exact) mass is 404 g/mol. The van der Waals surface area contributed by atoms with E-state index in [4.69, 9.17) is 4.74 Å².